The van der Waals surface area contributed by atoms with Gasteiger partial charge in [0.05, 0.1) is 24.9 Å². The zero-order valence-corrected chi connectivity index (χ0v) is 19.6. The van der Waals surface area contributed by atoms with Crippen LogP contribution in [0.4, 0.5) is 0 Å². The lowest BCUT2D eigenvalue weighted by Crippen LogP contribution is -2.44. The highest BCUT2D eigenvalue weighted by molar-refractivity contribution is 7.80. The predicted octanol–water partition coefficient (Wildman–Crippen LogP) is 3.96. The maximum absolute atomic E-state index is 12.9. The number of aryl methyl sites for hydroxylation is 2. The summed E-state index contributed by atoms with van der Waals surface area (Å²) < 4.78 is 5.40. The van der Waals surface area contributed by atoms with Crippen LogP contribution in [-0.2, 0) is 13.1 Å². The Kier molecular flexibility index (Phi) is 7.87. The Labute approximate surface area is 189 Å². The van der Waals surface area contributed by atoms with Crippen LogP contribution in [0.25, 0.3) is 10.9 Å². The van der Waals surface area contributed by atoms with Crippen LogP contribution in [0, 0.1) is 13.8 Å². The Hall–Kier alpha value is -2.64. The van der Waals surface area contributed by atoms with Gasteiger partial charge in [-0.2, -0.15) is 0 Å². The molecular weight excluding hydrogens is 408 g/mol. The highest BCUT2D eigenvalue weighted by Crippen LogP contribution is 2.20. The van der Waals surface area contributed by atoms with Crippen LogP contribution in [-0.4, -0.2) is 46.1 Å². The summed E-state index contributed by atoms with van der Waals surface area (Å²) in [5.41, 5.74) is 3.76. The van der Waals surface area contributed by atoms with Crippen LogP contribution < -0.4 is 10.9 Å². The monoisotopic (exact) mass is 440 g/mol. The summed E-state index contributed by atoms with van der Waals surface area (Å²) in [6, 6.07) is 9.91. The van der Waals surface area contributed by atoms with Gasteiger partial charge in [-0.1, -0.05) is 26.0 Å². The van der Waals surface area contributed by atoms with E-state index in [4.69, 9.17) is 16.6 Å². The SMILES string of the molecule is CCN(CC)CCN(Cc1cc2c(C)ccc(C)c2[nH]c1=O)C(=S)NCc1ccco1. The molecule has 0 aliphatic carbocycles. The van der Waals surface area contributed by atoms with Crippen molar-refractivity contribution in [1.29, 1.82) is 0 Å². The van der Waals surface area contributed by atoms with E-state index in [0.29, 0.717) is 23.8 Å². The van der Waals surface area contributed by atoms with Gasteiger partial charge in [0, 0.05) is 24.0 Å². The largest absolute Gasteiger partial charge is 0.467 e. The van der Waals surface area contributed by atoms with Gasteiger partial charge < -0.3 is 24.5 Å². The minimum atomic E-state index is -0.0668. The molecule has 1 aromatic carbocycles. The molecule has 31 heavy (non-hydrogen) atoms. The fourth-order valence-corrected chi connectivity index (χ4v) is 3.91. The van der Waals surface area contributed by atoms with Gasteiger partial charge >= 0.3 is 0 Å². The molecule has 3 rings (SSSR count). The molecule has 166 valence electrons. The first-order chi connectivity index (χ1) is 14.9. The lowest BCUT2D eigenvalue weighted by Gasteiger charge is -2.28. The summed E-state index contributed by atoms with van der Waals surface area (Å²) in [6.45, 7) is 12.9. The highest BCUT2D eigenvalue weighted by Gasteiger charge is 2.15. The fraction of sp³-hybridized carbons (Fsp3) is 0.417. The van der Waals surface area contributed by atoms with Gasteiger partial charge in [0.1, 0.15) is 5.76 Å². The Bertz CT molecular complexity index is 1070. The van der Waals surface area contributed by atoms with Crippen LogP contribution in [0.1, 0.15) is 36.3 Å². The summed E-state index contributed by atoms with van der Waals surface area (Å²) in [7, 11) is 0. The van der Waals surface area contributed by atoms with E-state index in [1.54, 1.807) is 6.26 Å². The third-order valence-electron chi connectivity index (χ3n) is 5.74. The van der Waals surface area contributed by atoms with Crippen molar-refractivity contribution in [2.75, 3.05) is 26.2 Å². The normalized spacial score (nSPS) is 11.3. The third kappa shape index (κ3) is 5.74. The Morgan fingerprint density at radius 2 is 1.87 bits per heavy atom. The number of hydrogen-bond acceptors (Lipinski definition) is 4. The van der Waals surface area contributed by atoms with Crippen molar-refractivity contribution >= 4 is 28.2 Å². The minimum Gasteiger partial charge on any atom is -0.467 e. The molecule has 0 bridgehead atoms. The lowest BCUT2D eigenvalue weighted by molar-refractivity contribution is 0.263. The average Bonchev–Trinajstić information content (AvgIpc) is 3.29. The molecule has 0 unspecified atom stereocenters. The highest BCUT2D eigenvalue weighted by atomic mass is 32.1. The lowest BCUT2D eigenvalue weighted by atomic mass is 10.0. The van der Waals surface area contributed by atoms with Gasteiger partial charge in [-0.3, -0.25) is 4.79 Å². The van der Waals surface area contributed by atoms with Gasteiger partial charge in [0.2, 0.25) is 0 Å². The molecule has 0 aliphatic rings. The van der Waals surface area contributed by atoms with Crippen molar-refractivity contribution in [2.45, 2.75) is 40.8 Å². The molecule has 0 saturated carbocycles. The number of likely N-dealkylation sites (N-methyl/N-ethyl adjacent to an activating group) is 1. The zero-order chi connectivity index (χ0) is 22.4. The maximum Gasteiger partial charge on any atom is 0.253 e. The summed E-state index contributed by atoms with van der Waals surface area (Å²) in [4.78, 5) is 20.4. The van der Waals surface area contributed by atoms with E-state index < -0.39 is 0 Å². The topological polar surface area (TPSA) is 64.5 Å². The van der Waals surface area contributed by atoms with Crippen molar-refractivity contribution in [2.24, 2.45) is 0 Å². The van der Waals surface area contributed by atoms with E-state index in [9.17, 15) is 4.79 Å². The molecule has 3 aromatic rings. The van der Waals surface area contributed by atoms with Crippen molar-refractivity contribution in [1.82, 2.24) is 20.1 Å². The quantitative estimate of drug-likeness (QED) is 0.491. The average molecular weight is 441 g/mol. The summed E-state index contributed by atoms with van der Waals surface area (Å²) in [5, 5.41) is 4.97. The van der Waals surface area contributed by atoms with Crippen LogP contribution in [0.3, 0.4) is 0 Å². The zero-order valence-electron chi connectivity index (χ0n) is 18.8. The molecule has 0 fully saturated rings. The van der Waals surface area contributed by atoms with Gasteiger partial charge in [0.25, 0.3) is 5.56 Å². The van der Waals surface area contributed by atoms with E-state index in [2.05, 4.69) is 46.9 Å². The van der Waals surface area contributed by atoms with Crippen LogP contribution in [0.5, 0.6) is 0 Å². The number of nitrogens with one attached hydrogen (secondary N) is 2. The first kappa shape index (κ1) is 23.0. The molecule has 0 spiro atoms. The molecular formula is C24H32N4O2S. The molecule has 0 amide bonds. The Morgan fingerprint density at radius 1 is 1.13 bits per heavy atom. The number of aromatic amines is 1. The molecule has 7 heteroatoms. The van der Waals surface area contributed by atoms with Crippen molar-refractivity contribution in [3.63, 3.8) is 0 Å². The van der Waals surface area contributed by atoms with Gasteiger partial charge in [-0.15, -0.1) is 0 Å². The maximum atomic E-state index is 12.9. The number of thiocarbonyl (C=S) groups is 1. The number of nitrogens with zero attached hydrogens (tertiary/aromatic N) is 2. The second kappa shape index (κ2) is 10.6. The number of hydrogen-bond donors (Lipinski definition) is 2. The third-order valence-corrected chi connectivity index (χ3v) is 6.15. The molecule has 0 atom stereocenters. The van der Waals surface area contributed by atoms with Crippen LogP contribution >= 0.6 is 12.2 Å². The molecule has 0 radical (unpaired) electrons. The molecule has 2 N–H and O–H groups in total. The minimum absolute atomic E-state index is 0.0668. The van der Waals surface area contributed by atoms with Crippen LogP contribution in [0.15, 0.2) is 45.8 Å². The molecule has 6 nitrogen and oxygen atoms in total. The second-order valence-electron chi connectivity index (χ2n) is 7.80. The molecule has 2 heterocycles. The van der Waals surface area contributed by atoms with Gasteiger partial charge in [-0.05, 0) is 68.5 Å². The smallest absolute Gasteiger partial charge is 0.253 e. The molecule has 2 aromatic heterocycles. The number of rotatable bonds is 9. The van der Waals surface area contributed by atoms with Crippen LogP contribution in [0.2, 0.25) is 0 Å². The molecule has 0 aliphatic heterocycles. The summed E-state index contributed by atoms with van der Waals surface area (Å²) in [5.74, 6) is 0.820. The first-order valence-corrected chi connectivity index (χ1v) is 11.2. The van der Waals surface area contributed by atoms with Gasteiger partial charge in [-0.25, -0.2) is 0 Å². The van der Waals surface area contributed by atoms with Crippen molar-refractivity contribution in [3.05, 3.63) is 69.4 Å². The van der Waals surface area contributed by atoms with E-state index in [1.807, 2.05) is 31.2 Å². The summed E-state index contributed by atoms with van der Waals surface area (Å²) >= 11 is 5.70. The van der Waals surface area contributed by atoms with E-state index >= 15 is 0 Å². The molecule has 0 saturated heterocycles. The van der Waals surface area contributed by atoms with Crippen molar-refractivity contribution in [3.8, 4) is 0 Å². The number of furan rings is 1. The van der Waals surface area contributed by atoms with E-state index in [-0.39, 0.29) is 5.56 Å². The van der Waals surface area contributed by atoms with E-state index in [0.717, 1.165) is 54.0 Å². The number of H-pyrrole nitrogens is 1. The first-order valence-electron chi connectivity index (χ1n) is 10.8. The fourth-order valence-electron chi connectivity index (χ4n) is 3.68. The summed E-state index contributed by atoms with van der Waals surface area (Å²) in [6.07, 6.45) is 1.65. The van der Waals surface area contributed by atoms with E-state index in [1.165, 1.54) is 0 Å². The predicted molar refractivity (Wildman–Crippen MR) is 130 cm³/mol. The number of benzene rings is 1. The number of aromatic nitrogens is 1. The Morgan fingerprint density at radius 3 is 2.55 bits per heavy atom. The van der Waals surface area contributed by atoms with Gasteiger partial charge in [0.15, 0.2) is 5.11 Å². The number of fused-ring (bicyclic) bond motifs is 1. The Balaban J connectivity index is 1.84. The van der Waals surface area contributed by atoms with Crippen molar-refractivity contribution < 1.29 is 4.42 Å². The second-order valence-corrected chi connectivity index (χ2v) is 8.18. The standard InChI is InChI=1S/C24H32N4O2S/c1-5-27(6-2)11-12-28(24(31)25-15-20-8-7-13-30-20)16-19-14-21-17(3)9-10-18(4)22(21)26-23(19)29/h7-10,13-14H,5-6,11-12,15-16H2,1-4H3,(H,25,31)(H,26,29). The number of pyridine rings is 1.